The molecule has 0 bridgehead atoms. The van der Waals surface area contributed by atoms with Crippen molar-refractivity contribution in [1.82, 2.24) is 4.98 Å². The molecule has 1 heterocycles. The summed E-state index contributed by atoms with van der Waals surface area (Å²) in [4.78, 5) is 4.06. The molecule has 0 aliphatic carbocycles. The van der Waals surface area contributed by atoms with Crippen molar-refractivity contribution in [3.63, 3.8) is 0 Å². The minimum absolute atomic E-state index is 0.430. The van der Waals surface area contributed by atoms with E-state index in [9.17, 15) is 5.11 Å². The van der Waals surface area contributed by atoms with Gasteiger partial charge in [-0.1, -0.05) is 32.6 Å². The van der Waals surface area contributed by atoms with Crippen molar-refractivity contribution in [3.05, 3.63) is 11.1 Å². The van der Waals surface area contributed by atoms with Gasteiger partial charge < -0.3 is 10.8 Å². The summed E-state index contributed by atoms with van der Waals surface area (Å²) in [6.07, 6.45) is 5.08. The Balaban J connectivity index is 2.25. The number of hydrogen-bond acceptors (Lipinski definition) is 4. The number of anilines is 1. The Morgan fingerprint density at radius 3 is 2.86 bits per heavy atom. The molecule has 1 atom stereocenters. The topological polar surface area (TPSA) is 59.1 Å². The quantitative estimate of drug-likeness (QED) is 0.716. The number of aliphatic hydroxyl groups excluding tert-OH is 1. The van der Waals surface area contributed by atoms with Crippen LogP contribution in [0.2, 0.25) is 0 Å². The SMILES string of the molecule is CCCCCCC(O)c1csc(N)n1. The van der Waals surface area contributed by atoms with Crippen molar-refractivity contribution in [2.45, 2.75) is 45.1 Å². The lowest BCUT2D eigenvalue weighted by atomic mass is 10.1. The molecule has 3 N–H and O–H groups in total. The highest BCUT2D eigenvalue weighted by Crippen LogP contribution is 2.22. The average molecular weight is 214 g/mol. The van der Waals surface area contributed by atoms with Gasteiger partial charge in [-0.15, -0.1) is 11.3 Å². The summed E-state index contributed by atoms with van der Waals surface area (Å²) in [5, 5.41) is 12.1. The van der Waals surface area contributed by atoms with E-state index in [1.165, 1.54) is 30.6 Å². The van der Waals surface area contributed by atoms with Gasteiger partial charge in [-0.25, -0.2) is 4.98 Å². The van der Waals surface area contributed by atoms with Crippen LogP contribution in [-0.4, -0.2) is 10.1 Å². The van der Waals surface area contributed by atoms with Crippen LogP contribution in [0.3, 0.4) is 0 Å². The van der Waals surface area contributed by atoms with Gasteiger partial charge in [0.05, 0.1) is 11.8 Å². The van der Waals surface area contributed by atoms with Gasteiger partial charge in [0, 0.05) is 5.38 Å². The maximum Gasteiger partial charge on any atom is 0.180 e. The van der Waals surface area contributed by atoms with Crippen molar-refractivity contribution < 1.29 is 5.11 Å². The first kappa shape index (κ1) is 11.5. The monoisotopic (exact) mass is 214 g/mol. The number of nitrogens with zero attached hydrogens (tertiary/aromatic N) is 1. The molecule has 1 aromatic rings. The second-order valence-corrected chi connectivity index (χ2v) is 4.37. The molecular weight excluding hydrogens is 196 g/mol. The van der Waals surface area contributed by atoms with Crippen molar-refractivity contribution in [1.29, 1.82) is 0 Å². The summed E-state index contributed by atoms with van der Waals surface area (Å²) in [6.45, 7) is 2.18. The van der Waals surface area contributed by atoms with Gasteiger partial charge in [-0.2, -0.15) is 0 Å². The molecule has 1 unspecified atom stereocenters. The first-order valence-electron chi connectivity index (χ1n) is 5.13. The maximum atomic E-state index is 9.72. The molecule has 3 nitrogen and oxygen atoms in total. The fraction of sp³-hybridized carbons (Fsp3) is 0.700. The standard InChI is InChI=1S/C10H18N2OS/c1-2-3-4-5-6-9(13)8-7-14-10(11)12-8/h7,9,13H,2-6H2,1H3,(H2,11,12). The highest BCUT2D eigenvalue weighted by Gasteiger charge is 2.10. The zero-order valence-corrected chi connectivity index (χ0v) is 9.39. The molecule has 0 fully saturated rings. The van der Waals surface area contributed by atoms with Crippen LogP contribution >= 0.6 is 11.3 Å². The van der Waals surface area contributed by atoms with Gasteiger partial charge >= 0.3 is 0 Å². The first-order chi connectivity index (χ1) is 6.74. The molecular formula is C10H18N2OS. The number of unbranched alkanes of at least 4 members (excludes halogenated alkanes) is 3. The third-order valence-corrected chi connectivity index (χ3v) is 2.90. The normalized spacial score (nSPS) is 13.0. The Hall–Kier alpha value is -0.610. The van der Waals surface area contributed by atoms with Crippen LogP contribution in [0, 0.1) is 0 Å². The summed E-state index contributed by atoms with van der Waals surface area (Å²) < 4.78 is 0. The lowest BCUT2D eigenvalue weighted by Crippen LogP contribution is -1.98. The lowest BCUT2D eigenvalue weighted by molar-refractivity contribution is 0.159. The second-order valence-electron chi connectivity index (χ2n) is 3.48. The number of thiazole rings is 1. The van der Waals surface area contributed by atoms with Crippen LogP contribution in [0.4, 0.5) is 5.13 Å². The van der Waals surface area contributed by atoms with E-state index in [1.807, 2.05) is 5.38 Å². The summed E-state index contributed by atoms with van der Waals surface area (Å²) >= 11 is 1.38. The van der Waals surface area contributed by atoms with Gasteiger partial charge in [-0.05, 0) is 6.42 Å². The molecule has 80 valence electrons. The van der Waals surface area contributed by atoms with Gasteiger partial charge in [0.2, 0.25) is 0 Å². The molecule has 0 amide bonds. The van der Waals surface area contributed by atoms with Gasteiger partial charge in [0.25, 0.3) is 0 Å². The number of rotatable bonds is 6. The lowest BCUT2D eigenvalue weighted by Gasteiger charge is -2.06. The molecule has 0 radical (unpaired) electrons. The van der Waals surface area contributed by atoms with E-state index < -0.39 is 6.10 Å². The van der Waals surface area contributed by atoms with E-state index in [-0.39, 0.29) is 0 Å². The number of nitrogens with two attached hydrogens (primary N) is 1. The summed E-state index contributed by atoms with van der Waals surface area (Å²) in [6, 6.07) is 0. The van der Waals surface area contributed by atoms with Gasteiger partial charge in [0.1, 0.15) is 0 Å². The predicted molar refractivity (Wildman–Crippen MR) is 60.2 cm³/mol. The largest absolute Gasteiger partial charge is 0.387 e. The van der Waals surface area contributed by atoms with Crippen LogP contribution in [0.25, 0.3) is 0 Å². The van der Waals surface area contributed by atoms with E-state index in [2.05, 4.69) is 11.9 Å². The van der Waals surface area contributed by atoms with Crippen LogP contribution in [0.1, 0.15) is 50.8 Å². The molecule has 0 saturated heterocycles. The maximum absolute atomic E-state index is 9.72. The summed E-state index contributed by atoms with van der Waals surface area (Å²) in [5.74, 6) is 0. The molecule has 4 heteroatoms. The van der Waals surface area contributed by atoms with Crippen LogP contribution < -0.4 is 5.73 Å². The number of aromatic nitrogens is 1. The van der Waals surface area contributed by atoms with Gasteiger partial charge in [0.15, 0.2) is 5.13 Å². The second kappa shape index (κ2) is 5.98. The fourth-order valence-corrected chi connectivity index (χ4v) is 1.98. The highest BCUT2D eigenvalue weighted by molar-refractivity contribution is 7.13. The first-order valence-corrected chi connectivity index (χ1v) is 6.01. The van der Waals surface area contributed by atoms with Crippen molar-refractivity contribution in [3.8, 4) is 0 Å². The molecule has 0 aromatic carbocycles. The molecule has 0 aliphatic heterocycles. The van der Waals surface area contributed by atoms with Crippen molar-refractivity contribution in [2.75, 3.05) is 5.73 Å². The third-order valence-electron chi connectivity index (χ3n) is 2.21. The van der Waals surface area contributed by atoms with Gasteiger partial charge in [-0.3, -0.25) is 0 Å². The molecule has 0 saturated carbocycles. The third kappa shape index (κ3) is 3.64. The highest BCUT2D eigenvalue weighted by atomic mass is 32.1. The predicted octanol–water partition coefficient (Wildman–Crippen LogP) is 2.73. The Kier molecular flexibility index (Phi) is 4.90. The number of aliphatic hydroxyl groups is 1. The zero-order chi connectivity index (χ0) is 10.4. The van der Waals surface area contributed by atoms with Crippen LogP contribution in [0.5, 0.6) is 0 Å². The molecule has 14 heavy (non-hydrogen) atoms. The Labute approximate surface area is 89.0 Å². The number of nitrogen functional groups attached to an aromatic ring is 1. The molecule has 1 aromatic heterocycles. The fourth-order valence-electron chi connectivity index (χ4n) is 1.37. The molecule has 0 aliphatic rings. The van der Waals surface area contributed by atoms with E-state index in [0.29, 0.717) is 5.13 Å². The summed E-state index contributed by atoms with van der Waals surface area (Å²) in [7, 11) is 0. The Bertz CT molecular complexity index is 262. The number of hydrogen-bond donors (Lipinski definition) is 2. The Morgan fingerprint density at radius 1 is 1.50 bits per heavy atom. The summed E-state index contributed by atoms with van der Waals surface area (Å²) in [5.41, 5.74) is 6.21. The smallest absolute Gasteiger partial charge is 0.180 e. The Morgan fingerprint density at radius 2 is 2.29 bits per heavy atom. The minimum Gasteiger partial charge on any atom is -0.387 e. The minimum atomic E-state index is -0.430. The molecule has 1 rings (SSSR count). The van der Waals surface area contributed by atoms with Crippen molar-refractivity contribution in [2.24, 2.45) is 0 Å². The van der Waals surface area contributed by atoms with Crippen LogP contribution in [-0.2, 0) is 0 Å². The molecule has 0 spiro atoms. The van der Waals surface area contributed by atoms with E-state index in [1.54, 1.807) is 0 Å². The van der Waals surface area contributed by atoms with E-state index >= 15 is 0 Å². The van der Waals surface area contributed by atoms with E-state index in [0.717, 1.165) is 18.5 Å². The van der Waals surface area contributed by atoms with E-state index in [4.69, 9.17) is 5.73 Å². The van der Waals surface area contributed by atoms with Crippen molar-refractivity contribution >= 4 is 16.5 Å². The zero-order valence-electron chi connectivity index (χ0n) is 8.57. The average Bonchev–Trinajstić information content (AvgIpc) is 2.59. The van der Waals surface area contributed by atoms with Crippen LogP contribution in [0.15, 0.2) is 5.38 Å².